The van der Waals surface area contributed by atoms with Gasteiger partial charge in [-0.1, -0.05) is 48.5 Å². The number of carbonyl (C=O) groups excluding carboxylic acids is 1. The summed E-state index contributed by atoms with van der Waals surface area (Å²) in [6, 6.07) is 24.8. The Morgan fingerprint density at radius 3 is 2.03 bits per heavy atom. The second-order valence-corrected chi connectivity index (χ2v) is 8.86. The van der Waals surface area contributed by atoms with E-state index in [4.69, 9.17) is 4.74 Å². The maximum Gasteiger partial charge on any atom is 0.264 e. The van der Waals surface area contributed by atoms with Crippen LogP contribution < -0.4 is 9.04 Å². The topological polar surface area (TPSA) is 66.9 Å². The van der Waals surface area contributed by atoms with Gasteiger partial charge in [-0.15, -0.1) is 0 Å². The van der Waals surface area contributed by atoms with Crippen molar-refractivity contribution in [2.24, 2.45) is 0 Å². The fourth-order valence-electron chi connectivity index (χ4n) is 3.12. The van der Waals surface area contributed by atoms with Crippen molar-refractivity contribution >= 4 is 21.6 Å². The van der Waals surface area contributed by atoms with Gasteiger partial charge < -0.3 is 9.64 Å². The summed E-state index contributed by atoms with van der Waals surface area (Å²) in [5.41, 5.74) is 1.58. The number of anilines is 1. The van der Waals surface area contributed by atoms with Gasteiger partial charge in [-0.3, -0.25) is 9.10 Å². The molecule has 0 aliphatic rings. The highest BCUT2D eigenvalue weighted by Gasteiger charge is 2.23. The molecular formula is C24H26N2O4S. The maximum absolute atomic E-state index is 12.9. The lowest BCUT2D eigenvalue weighted by Crippen LogP contribution is -2.31. The van der Waals surface area contributed by atoms with E-state index in [2.05, 4.69) is 0 Å². The van der Waals surface area contributed by atoms with Gasteiger partial charge in [0.1, 0.15) is 5.75 Å². The van der Waals surface area contributed by atoms with E-state index in [1.165, 1.54) is 4.31 Å². The second kappa shape index (κ2) is 10.1. The average molecular weight is 439 g/mol. The van der Waals surface area contributed by atoms with Crippen LogP contribution in [0, 0.1) is 0 Å². The molecule has 31 heavy (non-hydrogen) atoms. The zero-order valence-corrected chi connectivity index (χ0v) is 18.5. The largest absolute Gasteiger partial charge is 0.484 e. The van der Waals surface area contributed by atoms with E-state index in [9.17, 15) is 13.2 Å². The van der Waals surface area contributed by atoms with Gasteiger partial charge in [0.05, 0.1) is 10.6 Å². The Labute approximate surface area is 183 Å². The third-order valence-electron chi connectivity index (χ3n) is 4.79. The third-order valence-corrected chi connectivity index (χ3v) is 6.71. The smallest absolute Gasteiger partial charge is 0.264 e. The van der Waals surface area contributed by atoms with Gasteiger partial charge in [0.2, 0.25) is 0 Å². The fraction of sp³-hybridized carbons (Fsp3) is 0.208. The van der Waals surface area contributed by atoms with Crippen LogP contribution >= 0.6 is 0 Å². The van der Waals surface area contributed by atoms with Gasteiger partial charge in [0, 0.05) is 20.1 Å². The number of rotatable bonds is 9. The molecule has 0 spiro atoms. The summed E-state index contributed by atoms with van der Waals surface area (Å²) >= 11 is 0. The van der Waals surface area contributed by atoms with Gasteiger partial charge in [0.25, 0.3) is 15.9 Å². The summed E-state index contributed by atoms with van der Waals surface area (Å²) < 4.78 is 32.8. The molecule has 0 saturated heterocycles. The third kappa shape index (κ3) is 5.64. The average Bonchev–Trinajstić information content (AvgIpc) is 2.80. The van der Waals surface area contributed by atoms with Crippen LogP contribution in [0.3, 0.4) is 0 Å². The first-order chi connectivity index (χ1) is 14.9. The molecule has 3 aromatic carbocycles. The highest BCUT2D eigenvalue weighted by Crippen LogP contribution is 2.25. The number of benzene rings is 3. The maximum atomic E-state index is 12.9. The number of hydrogen-bond acceptors (Lipinski definition) is 4. The predicted octanol–water partition coefficient (Wildman–Crippen LogP) is 3.94. The molecule has 0 aromatic heterocycles. The SMILES string of the molecule is CCN(c1ccc(OCC(=O)N(C)Cc2ccccc2)cc1)S(=O)(=O)c1ccccc1. The molecule has 3 aromatic rings. The molecule has 6 nitrogen and oxygen atoms in total. The molecule has 0 saturated carbocycles. The minimum atomic E-state index is -3.65. The Bertz CT molecular complexity index is 1090. The lowest BCUT2D eigenvalue weighted by atomic mass is 10.2. The Balaban J connectivity index is 1.62. The Kier molecular flexibility index (Phi) is 7.31. The van der Waals surface area contributed by atoms with Crippen molar-refractivity contribution in [3.8, 4) is 5.75 Å². The molecule has 0 heterocycles. The lowest BCUT2D eigenvalue weighted by molar-refractivity contribution is -0.132. The van der Waals surface area contributed by atoms with Crippen LogP contribution in [-0.2, 0) is 21.4 Å². The zero-order chi connectivity index (χ0) is 22.3. The first kappa shape index (κ1) is 22.4. The molecule has 3 rings (SSSR count). The molecule has 0 bridgehead atoms. The highest BCUT2D eigenvalue weighted by molar-refractivity contribution is 7.92. The van der Waals surface area contributed by atoms with Gasteiger partial charge >= 0.3 is 0 Å². The predicted molar refractivity (Wildman–Crippen MR) is 122 cm³/mol. The molecule has 0 atom stereocenters. The summed E-state index contributed by atoms with van der Waals surface area (Å²) in [6.07, 6.45) is 0. The summed E-state index contributed by atoms with van der Waals surface area (Å²) in [5.74, 6) is 0.355. The summed E-state index contributed by atoms with van der Waals surface area (Å²) in [4.78, 5) is 14.2. The summed E-state index contributed by atoms with van der Waals surface area (Å²) in [5, 5.41) is 0. The molecule has 0 radical (unpaired) electrons. The van der Waals surface area contributed by atoms with Crippen molar-refractivity contribution < 1.29 is 17.9 Å². The van der Waals surface area contributed by atoms with Crippen LogP contribution in [0.5, 0.6) is 5.75 Å². The van der Waals surface area contributed by atoms with Crippen LogP contribution in [-0.4, -0.2) is 39.4 Å². The molecular weight excluding hydrogens is 412 g/mol. The van der Waals surface area contributed by atoms with Gasteiger partial charge in [-0.2, -0.15) is 0 Å². The van der Waals surface area contributed by atoms with Crippen LogP contribution in [0.4, 0.5) is 5.69 Å². The van der Waals surface area contributed by atoms with Gasteiger partial charge in [0.15, 0.2) is 6.61 Å². The lowest BCUT2D eigenvalue weighted by Gasteiger charge is -2.23. The first-order valence-corrected chi connectivity index (χ1v) is 11.4. The molecule has 162 valence electrons. The minimum Gasteiger partial charge on any atom is -0.484 e. The van der Waals surface area contributed by atoms with Crippen molar-refractivity contribution in [3.63, 3.8) is 0 Å². The molecule has 7 heteroatoms. The Morgan fingerprint density at radius 1 is 0.871 bits per heavy atom. The molecule has 0 aliphatic carbocycles. The van der Waals surface area contributed by atoms with E-state index in [0.29, 0.717) is 24.5 Å². The van der Waals surface area contributed by atoms with Gasteiger partial charge in [-0.05, 0) is 48.9 Å². The van der Waals surface area contributed by atoms with E-state index in [0.717, 1.165) is 5.56 Å². The number of amides is 1. The minimum absolute atomic E-state index is 0.0948. The van der Waals surface area contributed by atoms with Crippen LogP contribution in [0.2, 0.25) is 0 Å². The van der Waals surface area contributed by atoms with Crippen LogP contribution in [0.15, 0.2) is 89.8 Å². The van der Waals surface area contributed by atoms with Crippen molar-refractivity contribution in [2.75, 3.05) is 24.5 Å². The monoisotopic (exact) mass is 438 g/mol. The van der Waals surface area contributed by atoms with E-state index in [1.807, 2.05) is 30.3 Å². The number of hydrogen-bond donors (Lipinski definition) is 0. The Morgan fingerprint density at radius 2 is 1.45 bits per heavy atom. The molecule has 1 amide bonds. The second-order valence-electron chi connectivity index (χ2n) is 7.00. The molecule has 0 unspecified atom stereocenters. The van der Waals surface area contributed by atoms with E-state index in [1.54, 1.807) is 73.5 Å². The fourth-order valence-corrected chi connectivity index (χ4v) is 4.62. The molecule has 0 N–H and O–H groups in total. The van der Waals surface area contributed by atoms with Crippen molar-refractivity contribution in [2.45, 2.75) is 18.4 Å². The summed E-state index contributed by atoms with van der Waals surface area (Å²) in [7, 11) is -1.92. The van der Waals surface area contributed by atoms with E-state index < -0.39 is 10.0 Å². The summed E-state index contributed by atoms with van der Waals surface area (Å²) in [6.45, 7) is 2.49. The highest BCUT2D eigenvalue weighted by atomic mass is 32.2. The molecule has 0 fully saturated rings. The first-order valence-electron chi connectivity index (χ1n) is 10.0. The normalized spacial score (nSPS) is 11.0. The van der Waals surface area contributed by atoms with Crippen LogP contribution in [0.25, 0.3) is 0 Å². The quantitative estimate of drug-likeness (QED) is 0.508. The van der Waals surface area contributed by atoms with Gasteiger partial charge in [-0.25, -0.2) is 8.42 Å². The zero-order valence-electron chi connectivity index (χ0n) is 17.6. The van der Waals surface area contributed by atoms with Crippen LogP contribution in [0.1, 0.15) is 12.5 Å². The van der Waals surface area contributed by atoms with Crippen molar-refractivity contribution in [3.05, 3.63) is 90.5 Å². The molecule has 0 aliphatic heterocycles. The van der Waals surface area contributed by atoms with E-state index in [-0.39, 0.29) is 17.4 Å². The van der Waals surface area contributed by atoms with Crippen molar-refractivity contribution in [1.29, 1.82) is 0 Å². The number of carbonyl (C=O) groups is 1. The Hall–Kier alpha value is -3.32. The van der Waals surface area contributed by atoms with E-state index >= 15 is 0 Å². The van der Waals surface area contributed by atoms with Crippen molar-refractivity contribution in [1.82, 2.24) is 4.90 Å². The number of nitrogens with zero attached hydrogens (tertiary/aromatic N) is 2. The number of likely N-dealkylation sites (N-methyl/N-ethyl adjacent to an activating group) is 1. The number of sulfonamides is 1. The standard InChI is InChI=1S/C24H26N2O4S/c1-3-26(31(28,29)23-12-8-5-9-13-23)21-14-16-22(17-15-21)30-19-24(27)25(2)18-20-10-6-4-7-11-20/h4-17H,3,18-19H2,1-2H3. The number of ether oxygens (including phenoxy) is 1.